The number of thioether (sulfide) groups is 1. The van der Waals surface area contributed by atoms with Gasteiger partial charge in [0, 0.05) is 5.02 Å². The summed E-state index contributed by atoms with van der Waals surface area (Å²) in [5.74, 6) is 0.489. The number of halogens is 2. The predicted octanol–water partition coefficient (Wildman–Crippen LogP) is 6.42. The van der Waals surface area contributed by atoms with Crippen molar-refractivity contribution in [2.45, 2.75) is 26.4 Å². The van der Waals surface area contributed by atoms with E-state index in [2.05, 4.69) is 0 Å². The molecule has 0 saturated carbocycles. The zero-order chi connectivity index (χ0) is 21.1. The number of methoxy groups -OCH3 is 1. The van der Waals surface area contributed by atoms with Gasteiger partial charge < -0.3 is 9.47 Å². The standard InChI is InChI=1S/C21H19Cl2NO4S/c1-4-12(2)28-19-16(23)8-13(9-17(19)27-3)10-18-20(25)24(21(26)29-18)15-7-5-6-14(22)11-15/h5-12H,4H2,1-3H3/b18-10+/t12-/m1/s1. The maximum absolute atomic E-state index is 12.8. The molecule has 0 radical (unpaired) electrons. The van der Waals surface area contributed by atoms with Crippen molar-refractivity contribution in [2.75, 3.05) is 12.0 Å². The molecule has 0 aromatic heterocycles. The highest BCUT2D eigenvalue weighted by Crippen LogP contribution is 2.40. The second kappa shape index (κ2) is 9.11. The average Bonchev–Trinajstić information content (AvgIpc) is 2.96. The van der Waals surface area contributed by atoms with E-state index in [-0.39, 0.29) is 11.0 Å². The van der Waals surface area contributed by atoms with Gasteiger partial charge in [-0.1, -0.05) is 36.2 Å². The highest BCUT2D eigenvalue weighted by Gasteiger charge is 2.36. The van der Waals surface area contributed by atoms with E-state index in [9.17, 15) is 9.59 Å². The van der Waals surface area contributed by atoms with E-state index in [1.807, 2.05) is 13.8 Å². The number of hydrogen-bond acceptors (Lipinski definition) is 5. The normalized spacial score (nSPS) is 16.4. The fraction of sp³-hybridized carbons (Fsp3) is 0.238. The SMILES string of the molecule is CC[C@@H](C)Oc1c(Cl)cc(/C=C2/SC(=O)N(c3cccc(Cl)c3)C2=O)cc1OC. The molecule has 0 bridgehead atoms. The summed E-state index contributed by atoms with van der Waals surface area (Å²) in [6.07, 6.45) is 2.40. The summed E-state index contributed by atoms with van der Waals surface area (Å²) in [7, 11) is 1.52. The summed E-state index contributed by atoms with van der Waals surface area (Å²) in [5, 5.41) is 0.419. The van der Waals surface area contributed by atoms with Crippen molar-refractivity contribution in [1.82, 2.24) is 0 Å². The molecule has 1 saturated heterocycles. The molecule has 3 rings (SSSR count). The molecule has 5 nitrogen and oxygen atoms in total. The topological polar surface area (TPSA) is 55.8 Å². The molecule has 1 aliphatic rings. The first-order valence-corrected chi connectivity index (χ1v) is 10.5. The number of nitrogens with zero attached hydrogens (tertiary/aromatic N) is 1. The minimum atomic E-state index is -0.419. The second-order valence-electron chi connectivity index (χ2n) is 6.37. The molecule has 8 heteroatoms. The predicted molar refractivity (Wildman–Crippen MR) is 118 cm³/mol. The van der Waals surface area contributed by atoms with Crippen LogP contribution in [0.2, 0.25) is 10.0 Å². The van der Waals surface area contributed by atoms with Crippen molar-refractivity contribution in [3.8, 4) is 11.5 Å². The van der Waals surface area contributed by atoms with Crippen LogP contribution in [0.15, 0.2) is 41.3 Å². The molecular formula is C21H19Cl2NO4S. The third kappa shape index (κ3) is 4.71. The third-order valence-corrected chi connectivity index (χ3v) is 5.69. The molecule has 1 heterocycles. The van der Waals surface area contributed by atoms with Crippen molar-refractivity contribution in [3.05, 3.63) is 56.9 Å². The van der Waals surface area contributed by atoms with E-state index in [0.29, 0.717) is 32.8 Å². The molecule has 2 amide bonds. The van der Waals surface area contributed by atoms with Gasteiger partial charge in [0.05, 0.1) is 28.8 Å². The van der Waals surface area contributed by atoms with E-state index in [1.165, 1.54) is 7.11 Å². The largest absolute Gasteiger partial charge is 0.493 e. The van der Waals surface area contributed by atoms with Gasteiger partial charge in [0.25, 0.3) is 11.1 Å². The van der Waals surface area contributed by atoms with Gasteiger partial charge in [0.2, 0.25) is 0 Å². The van der Waals surface area contributed by atoms with Crippen molar-refractivity contribution < 1.29 is 19.1 Å². The van der Waals surface area contributed by atoms with Gasteiger partial charge in [-0.15, -0.1) is 0 Å². The van der Waals surface area contributed by atoms with Crippen LogP contribution in [0.3, 0.4) is 0 Å². The monoisotopic (exact) mass is 451 g/mol. The first-order valence-electron chi connectivity index (χ1n) is 8.91. The van der Waals surface area contributed by atoms with Gasteiger partial charge in [-0.25, -0.2) is 4.90 Å². The van der Waals surface area contributed by atoms with Crippen molar-refractivity contribution >= 4 is 57.9 Å². The lowest BCUT2D eigenvalue weighted by atomic mass is 10.1. The Morgan fingerprint density at radius 1 is 1.21 bits per heavy atom. The number of carbonyl (C=O) groups is 2. The fourth-order valence-corrected chi connectivity index (χ4v) is 3.97. The van der Waals surface area contributed by atoms with Gasteiger partial charge >= 0.3 is 0 Å². The van der Waals surface area contributed by atoms with Gasteiger partial charge in [0.1, 0.15) is 0 Å². The molecule has 2 aromatic rings. The Balaban J connectivity index is 1.93. The molecule has 0 aliphatic carbocycles. The molecule has 2 aromatic carbocycles. The van der Waals surface area contributed by atoms with Crippen LogP contribution >= 0.6 is 35.0 Å². The first-order chi connectivity index (χ1) is 13.8. The lowest BCUT2D eigenvalue weighted by Crippen LogP contribution is -2.27. The van der Waals surface area contributed by atoms with Crippen LogP contribution in [0.4, 0.5) is 10.5 Å². The zero-order valence-electron chi connectivity index (χ0n) is 16.1. The van der Waals surface area contributed by atoms with Crippen molar-refractivity contribution in [2.24, 2.45) is 0 Å². The number of benzene rings is 2. The lowest BCUT2D eigenvalue weighted by molar-refractivity contribution is -0.113. The lowest BCUT2D eigenvalue weighted by Gasteiger charge is -2.17. The average molecular weight is 452 g/mol. The Labute approximate surface area is 183 Å². The number of hydrogen-bond donors (Lipinski definition) is 0. The van der Waals surface area contributed by atoms with E-state index in [0.717, 1.165) is 23.1 Å². The summed E-state index contributed by atoms with van der Waals surface area (Å²) < 4.78 is 11.2. The second-order valence-corrected chi connectivity index (χ2v) is 8.20. The quantitative estimate of drug-likeness (QED) is 0.474. The Hall–Kier alpha value is -2.15. The van der Waals surface area contributed by atoms with E-state index < -0.39 is 11.1 Å². The Kier molecular flexibility index (Phi) is 6.77. The fourth-order valence-electron chi connectivity index (χ4n) is 2.68. The summed E-state index contributed by atoms with van der Waals surface area (Å²) in [6.45, 7) is 3.95. The van der Waals surface area contributed by atoms with E-state index in [1.54, 1.807) is 42.5 Å². The van der Waals surface area contributed by atoms with Crippen molar-refractivity contribution in [1.29, 1.82) is 0 Å². The number of rotatable bonds is 6. The molecule has 1 atom stereocenters. The zero-order valence-corrected chi connectivity index (χ0v) is 18.4. The van der Waals surface area contributed by atoms with E-state index in [4.69, 9.17) is 32.7 Å². The first kappa shape index (κ1) is 21.6. The van der Waals surface area contributed by atoms with Crippen LogP contribution in [0, 0.1) is 0 Å². The molecule has 1 fully saturated rings. The molecule has 1 aliphatic heterocycles. The molecule has 0 spiro atoms. The van der Waals surface area contributed by atoms with E-state index >= 15 is 0 Å². The summed E-state index contributed by atoms with van der Waals surface area (Å²) in [4.78, 5) is 26.6. The molecule has 0 unspecified atom stereocenters. The molecule has 152 valence electrons. The summed E-state index contributed by atoms with van der Waals surface area (Å²) in [5.41, 5.74) is 1.05. The molecular weight excluding hydrogens is 433 g/mol. The van der Waals surface area contributed by atoms with Gasteiger partial charge in [0.15, 0.2) is 11.5 Å². The minimum absolute atomic E-state index is 0.0264. The van der Waals surface area contributed by atoms with Crippen LogP contribution in [0.5, 0.6) is 11.5 Å². The van der Waals surface area contributed by atoms with Crippen LogP contribution in [0.1, 0.15) is 25.8 Å². The Morgan fingerprint density at radius 3 is 2.62 bits per heavy atom. The number of ether oxygens (including phenoxy) is 2. The summed E-state index contributed by atoms with van der Waals surface area (Å²) >= 11 is 13.2. The Bertz CT molecular complexity index is 993. The van der Waals surface area contributed by atoms with Gasteiger partial charge in [-0.05, 0) is 67.1 Å². The minimum Gasteiger partial charge on any atom is -0.493 e. The maximum atomic E-state index is 12.8. The van der Waals surface area contributed by atoms with Crippen molar-refractivity contribution in [3.63, 3.8) is 0 Å². The number of anilines is 1. The van der Waals surface area contributed by atoms with Crippen LogP contribution in [0.25, 0.3) is 6.08 Å². The van der Waals surface area contributed by atoms with Crippen LogP contribution in [-0.2, 0) is 4.79 Å². The highest BCUT2D eigenvalue weighted by molar-refractivity contribution is 8.19. The third-order valence-electron chi connectivity index (χ3n) is 4.30. The Morgan fingerprint density at radius 2 is 1.97 bits per heavy atom. The highest BCUT2D eigenvalue weighted by atomic mass is 35.5. The van der Waals surface area contributed by atoms with Gasteiger partial charge in [-0.2, -0.15) is 0 Å². The number of amides is 2. The molecule has 29 heavy (non-hydrogen) atoms. The number of imide groups is 1. The summed E-state index contributed by atoms with van der Waals surface area (Å²) in [6, 6.07) is 9.99. The number of carbonyl (C=O) groups excluding carboxylic acids is 2. The van der Waals surface area contributed by atoms with Gasteiger partial charge in [-0.3, -0.25) is 9.59 Å². The smallest absolute Gasteiger partial charge is 0.298 e. The van der Waals surface area contributed by atoms with Crippen LogP contribution < -0.4 is 14.4 Å². The molecule has 0 N–H and O–H groups in total. The van der Waals surface area contributed by atoms with Crippen LogP contribution in [-0.4, -0.2) is 24.4 Å². The maximum Gasteiger partial charge on any atom is 0.298 e.